The summed E-state index contributed by atoms with van der Waals surface area (Å²) in [5.74, 6) is -0.385. The van der Waals surface area contributed by atoms with E-state index >= 15 is 0 Å². The number of thiazole rings is 1. The Hall–Kier alpha value is -2.18. The van der Waals surface area contributed by atoms with Crippen LogP contribution in [0.1, 0.15) is 19.4 Å². The Labute approximate surface area is 160 Å². The molecule has 2 aromatic carbocycles. The minimum absolute atomic E-state index is 0.103. The van der Waals surface area contributed by atoms with Crippen LogP contribution in [0.15, 0.2) is 58.8 Å². The number of carbonyl (C=O) groups is 1. The minimum atomic E-state index is -0.282. The Morgan fingerprint density at radius 2 is 1.85 bits per heavy atom. The average molecular weight is 387 g/mol. The maximum atomic E-state index is 13.0. The highest BCUT2D eigenvalue weighted by Crippen LogP contribution is 2.26. The smallest absolute Gasteiger partial charge is 0.230 e. The van der Waals surface area contributed by atoms with Crippen molar-refractivity contribution in [1.82, 2.24) is 4.98 Å². The van der Waals surface area contributed by atoms with Crippen LogP contribution in [0.2, 0.25) is 0 Å². The topological polar surface area (TPSA) is 42.0 Å². The van der Waals surface area contributed by atoms with Crippen LogP contribution in [0.3, 0.4) is 0 Å². The fraction of sp³-hybridized carbons (Fsp3) is 0.200. The van der Waals surface area contributed by atoms with Gasteiger partial charge in [0.05, 0.1) is 12.1 Å². The first-order valence-corrected chi connectivity index (χ1v) is 10.0. The van der Waals surface area contributed by atoms with Crippen molar-refractivity contribution in [3.05, 3.63) is 65.3 Å². The molecule has 1 amide bonds. The summed E-state index contributed by atoms with van der Waals surface area (Å²) in [6, 6.07) is 14.2. The van der Waals surface area contributed by atoms with Crippen LogP contribution in [0.25, 0.3) is 11.3 Å². The van der Waals surface area contributed by atoms with Crippen LogP contribution >= 0.6 is 23.1 Å². The van der Waals surface area contributed by atoms with Crippen LogP contribution in [-0.2, 0) is 11.2 Å². The van der Waals surface area contributed by atoms with Gasteiger partial charge in [-0.25, -0.2) is 9.37 Å². The lowest BCUT2D eigenvalue weighted by molar-refractivity contribution is -0.115. The monoisotopic (exact) mass is 386 g/mol. The molecular weight excluding hydrogens is 367 g/mol. The van der Waals surface area contributed by atoms with Gasteiger partial charge in [0.2, 0.25) is 5.91 Å². The highest BCUT2D eigenvalue weighted by molar-refractivity contribution is 7.99. The summed E-state index contributed by atoms with van der Waals surface area (Å²) < 4.78 is 13.0. The molecule has 3 nitrogen and oxygen atoms in total. The molecule has 0 atom stereocenters. The molecule has 0 spiro atoms. The van der Waals surface area contributed by atoms with Crippen molar-refractivity contribution >= 4 is 34.1 Å². The second-order valence-electron chi connectivity index (χ2n) is 6.08. The standard InChI is InChI=1S/C20H19FN2OS2/c1-13(2)26-17-9-3-14(4-10-17)11-19(24)23-20-22-18(12-25-20)15-5-7-16(21)8-6-15/h3-10,12-13H,11H2,1-2H3,(H,22,23,24). The second kappa shape index (κ2) is 8.47. The summed E-state index contributed by atoms with van der Waals surface area (Å²) in [6.07, 6.45) is 0.304. The number of carbonyl (C=O) groups excluding carboxylic acids is 1. The number of rotatable bonds is 6. The molecule has 0 aliphatic rings. The zero-order valence-electron chi connectivity index (χ0n) is 14.5. The molecule has 6 heteroatoms. The Morgan fingerprint density at radius 3 is 2.50 bits per heavy atom. The van der Waals surface area contributed by atoms with Gasteiger partial charge in [0.15, 0.2) is 5.13 Å². The van der Waals surface area contributed by atoms with E-state index in [4.69, 9.17) is 0 Å². The van der Waals surface area contributed by atoms with Crippen molar-refractivity contribution in [2.75, 3.05) is 5.32 Å². The maximum Gasteiger partial charge on any atom is 0.230 e. The van der Waals surface area contributed by atoms with E-state index in [-0.39, 0.29) is 11.7 Å². The molecule has 0 saturated carbocycles. The molecular formula is C20H19FN2OS2. The first-order chi connectivity index (χ1) is 12.5. The highest BCUT2D eigenvalue weighted by atomic mass is 32.2. The van der Waals surface area contributed by atoms with E-state index in [1.54, 1.807) is 23.9 Å². The third-order valence-corrected chi connectivity index (χ3v) is 5.32. The highest BCUT2D eigenvalue weighted by Gasteiger charge is 2.09. The molecule has 0 bridgehead atoms. The van der Waals surface area contributed by atoms with E-state index in [1.807, 2.05) is 29.6 Å². The van der Waals surface area contributed by atoms with Crippen molar-refractivity contribution < 1.29 is 9.18 Å². The summed E-state index contributed by atoms with van der Waals surface area (Å²) in [7, 11) is 0. The molecule has 0 saturated heterocycles. The van der Waals surface area contributed by atoms with Crippen molar-refractivity contribution in [1.29, 1.82) is 0 Å². The number of benzene rings is 2. The molecule has 1 N–H and O–H groups in total. The van der Waals surface area contributed by atoms with Gasteiger partial charge in [-0.15, -0.1) is 23.1 Å². The van der Waals surface area contributed by atoms with Crippen molar-refractivity contribution in [2.45, 2.75) is 30.4 Å². The molecule has 3 aromatic rings. The van der Waals surface area contributed by atoms with E-state index in [9.17, 15) is 9.18 Å². The molecule has 1 heterocycles. The Balaban J connectivity index is 1.59. The summed E-state index contributed by atoms with van der Waals surface area (Å²) >= 11 is 3.15. The molecule has 0 radical (unpaired) electrons. The zero-order valence-corrected chi connectivity index (χ0v) is 16.2. The molecule has 0 fully saturated rings. The van der Waals surface area contributed by atoms with E-state index in [0.717, 1.165) is 16.8 Å². The minimum Gasteiger partial charge on any atom is -0.302 e. The van der Waals surface area contributed by atoms with E-state index in [2.05, 4.69) is 24.1 Å². The van der Waals surface area contributed by atoms with Gasteiger partial charge in [-0.3, -0.25) is 4.79 Å². The molecule has 0 aliphatic heterocycles. The fourth-order valence-electron chi connectivity index (χ4n) is 2.39. The molecule has 1 aromatic heterocycles. The maximum absolute atomic E-state index is 13.0. The number of aromatic nitrogens is 1. The van der Waals surface area contributed by atoms with Gasteiger partial charge in [0.1, 0.15) is 5.82 Å². The van der Waals surface area contributed by atoms with Gasteiger partial charge in [-0.05, 0) is 42.0 Å². The molecule has 0 aliphatic carbocycles. The number of hydrogen-bond donors (Lipinski definition) is 1. The predicted molar refractivity (Wildman–Crippen MR) is 107 cm³/mol. The van der Waals surface area contributed by atoms with Gasteiger partial charge in [-0.1, -0.05) is 26.0 Å². The number of nitrogens with one attached hydrogen (secondary N) is 1. The Kier molecular flexibility index (Phi) is 6.06. The largest absolute Gasteiger partial charge is 0.302 e. The van der Waals surface area contributed by atoms with Crippen molar-refractivity contribution in [2.24, 2.45) is 0 Å². The lowest BCUT2D eigenvalue weighted by Gasteiger charge is -2.06. The molecule has 26 heavy (non-hydrogen) atoms. The predicted octanol–water partition coefficient (Wildman–Crippen LogP) is 5.63. The van der Waals surface area contributed by atoms with Gasteiger partial charge in [-0.2, -0.15) is 0 Å². The van der Waals surface area contributed by atoms with Crippen LogP contribution in [-0.4, -0.2) is 16.1 Å². The SMILES string of the molecule is CC(C)Sc1ccc(CC(=O)Nc2nc(-c3ccc(F)cc3)cs2)cc1. The van der Waals surface area contributed by atoms with Crippen molar-refractivity contribution in [3.63, 3.8) is 0 Å². The second-order valence-corrected chi connectivity index (χ2v) is 8.59. The third-order valence-electron chi connectivity index (χ3n) is 3.55. The van der Waals surface area contributed by atoms with Gasteiger partial charge in [0.25, 0.3) is 0 Å². The molecule has 134 valence electrons. The Bertz CT molecular complexity index is 874. The number of halogens is 1. The quantitative estimate of drug-likeness (QED) is 0.558. The fourth-order valence-corrected chi connectivity index (χ4v) is 3.96. The lowest BCUT2D eigenvalue weighted by Crippen LogP contribution is -2.14. The first-order valence-electron chi connectivity index (χ1n) is 8.26. The first kappa shape index (κ1) is 18.6. The molecule has 3 rings (SSSR count). The van der Waals surface area contributed by atoms with Crippen LogP contribution in [0.4, 0.5) is 9.52 Å². The normalized spacial score (nSPS) is 10.9. The van der Waals surface area contributed by atoms with E-state index < -0.39 is 0 Å². The summed E-state index contributed by atoms with van der Waals surface area (Å²) in [5.41, 5.74) is 2.51. The van der Waals surface area contributed by atoms with Crippen LogP contribution in [0.5, 0.6) is 0 Å². The summed E-state index contributed by atoms with van der Waals surface area (Å²) in [5, 5.41) is 5.75. The van der Waals surface area contributed by atoms with E-state index in [1.165, 1.54) is 28.4 Å². The number of hydrogen-bond acceptors (Lipinski definition) is 4. The molecule has 0 unspecified atom stereocenters. The van der Waals surface area contributed by atoms with Gasteiger partial charge >= 0.3 is 0 Å². The average Bonchev–Trinajstić information content (AvgIpc) is 3.05. The van der Waals surface area contributed by atoms with Gasteiger partial charge in [0, 0.05) is 21.1 Å². The Morgan fingerprint density at radius 1 is 1.15 bits per heavy atom. The number of amides is 1. The number of anilines is 1. The lowest BCUT2D eigenvalue weighted by atomic mass is 10.1. The third kappa shape index (κ3) is 5.16. The van der Waals surface area contributed by atoms with Crippen molar-refractivity contribution in [3.8, 4) is 11.3 Å². The van der Waals surface area contributed by atoms with Gasteiger partial charge < -0.3 is 5.32 Å². The zero-order chi connectivity index (χ0) is 18.5. The summed E-state index contributed by atoms with van der Waals surface area (Å²) in [4.78, 5) is 17.8. The summed E-state index contributed by atoms with van der Waals surface area (Å²) in [6.45, 7) is 4.31. The number of nitrogens with zero attached hydrogens (tertiary/aromatic N) is 1. The van der Waals surface area contributed by atoms with Crippen LogP contribution in [0, 0.1) is 5.82 Å². The van der Waals surface area contributed by atoms with E-state index in [0.29, 0.717) is 16.8 Å². The van der Waals surface area contributed by atoms with Crippen LogP contribution < -0.4 is 5.32 Å². The number of thioether (sulfide) groups is 1.